The summed E-state index contributed by atoms with van der Waals surface area (Å²) in [5.74, 6) is 1.47. The van der Waals surface area contributed by atoms with E-state index in [0.717, 1.165) is 60.9 Å². The minimum atomic E-state index is -0.287. The molecule has 2 saturated heterocycles. The quantitative estimate of drug-likeness (QED) is 0.486. The zero-order valence-electron chi connectivity index (χ0n) is 18.6. The molecule has 1 atom stereocenters. The Hall–Kier alpha value is -1.95. The molecule has 0 N–H and O–H groups in total. The first kappa shape index (κ1) is 23.2. The fourth-order valence-corrected chi connectivity index (χ4v) is 4.79. The fraction of sp³-hybridized carbons (Fsp3) is 0.480. The van der Waals surface area contributed by atoms with Gasteiger partial charge in [0.05, 0.1) is 12.6 Å². The summed E-state index contributed by atoms with van der Waals surface area (Å²) < 4.78 is 11.5. The van der Waals surface area contributed by atoms with E-state index in [2.05, 4.69) is 11.0 Å². The Labute approximate surface area is 200 Å². The Morgan fingerprint density at radius 3 is 2.50 bits per heavy atom. The SMILES string of the molecule is CC(C)Oc1ccc(Cl)c(CC2CCN(CC3CN(c4ccc(Cl)cc4)C(=O)O3)CC2)c1. The lowest BCUT2D eigenvalue weighted by Crippen LogP contribution is -2.40. The Kier molecular flexibility index (Phi) is 7.49. The number of hydrogen-bond acceptors (Lipinski definition) is 4. The minimum Gasteiger partial charge on any atom is -0.491 e. The molecule has 0 bridgehead atoms. The normalized spacial score (nSPS) is 20.1. The van der Waals surface area contributed by atoms with Crippen LogP contribution in [0.4, 0.5) is 10.5 Å². The molecule has 2 aliphatic rings. The van der Waals surface area contributed by atoms with E-state index in [4.69, 9.17) is 32.7 Å². The molecule has 4 rings (SSSR count). The van der Waals surface area contributed by atoms with Crippen LogP contribution in [0.2, 0.25) is 10.0 Å². The summed E-state index contributed by atoms with van der Waals surface area (Å²) in [4.78, 5) is 16.4. The standard InChI is InChI=1S/C25H30Cl2N2O3/c1-17(2)31-22-7-8-24(27)19(14-22)13-18-9-11-28(12-10-18)15-23-16-29(25(30)32-23)21-5-3-20(26)4-6-21/h3-8,14,17-18,23H,9-13,15-16H2,1-2H3. The monoisotopic (exact) mass is 476 g/mol. The molecule has 2 heterocycles. The van der Waals surface area contributed by atoms with Gasteiger partial charge >= 0.3 is 6.09 Å². The van der Waals surface area contributed by atoms with Crippen molar-refractivity contribution in [3.8, 4) is 5.75 Å². The van der Waals surface area contributed by atoms with Crippen molar-refractivity contribution in [3.05, 3.63) is 58.1 Å². The number of rotatable bonds is 7. The summed E-state index contributed by atoms with van der Waals surface area (Å²) in [6, 6.07) is 13.2. The van der Waals surface area contributed by atoms with E-state index >= 15 is 0 Å². The smallest absolute Gasteiger partial charge is 0.414 e. The maximum atomic E-state index is 12.3. The number of halogens is 2. The van der Waals surface area contributed by atoms with E-state index in [0.29, 0.717) is 17.5 Å². The van der Waals surface area contributed by atoms with Crippen LogP contribution >= 0.6 is 23.2 Å². The number of amides is 1. The van der Waals surface area contributed by atoms with Gasteiger partial charge in [-0.3, -0.25) is 9.80 Å². The molecule has 2 aliphatic heterocycles. The summed E-state index contributed by atoms with van der Waals surface area (Å²) >= 11 is 12.4. The third kappa shape index (κ3) is 5.89. The Morgan fingerprint density at radius 2 is 1.81 bits per heavy atom. The molecule has 2 aromatic rings. The van der Waals surface area contributed by atoms with Gasteiger partial charge in [-0.2, -0.15) is 0 Å². The predicted molar refractivity (Wildman–Crippen MR) is 129 cm³/mol. The summed E-state index contributed by atoms with van der Waals surface area (Å²) in [7, 11) is 0. The molecule has 0 spiro atoms. The summed E-state index contributed by atoms with van der Waals surface area (Å²) in [5, 5.41) is 1.46. The summed E-state index contributed by atoms with van der Waals surface area (Å²) in [6.07, 6.45) is 2.91. The lowest BCUT2D eigenvalue weighted by atomic mass is 9.90. The highest BCUT2D eigenvalue weighted by Crippen LogP contribution is 2.30. The minimum absolute atomic E-state index is 0.117. The van der Waals surface area contributed by atoms with Gasteiger partial charge < -0.3 is 9.47 Å². The van der Waals surface area contributed by atoms with Crippen LogP contribution in [0.5, 0.6) is 5.75 Å². The van der Waals surface area contributed by atoms with E-state index in [1.165, 1.54) is 0 Å². The van der Waals surface area contributed by atoms with Gasteiger partial charge in [-0.05, 0) is 100 Å². The van der Waals surface area contributed by atoms with Crippen molar-refractivity contribution in [1.82, 2.24) is 4.90 Å². The number of anilines is 1. The van der Waals surface area contributed by atoms with Crippen LogP contribution in [-0.4, -0.2) is 49.4 Å². The summed E-state index contributed by atoms with van der Waals surface area (Å²) in [5.41, 5.74) is 1.98. The van der Waals surface area contributed by atoms with Crippen LogP contribution in [0.15, 0.2) is 42.5 Å². The molecule has 1 amide bonds. The van der Waals surface area contributed by atoms with Gasteiger partial charge in [0, 0.05) is 22.3 Å². The third-order valence-corrected chi connectivity index (χ3v) is 6.70. The van der Waals surface area contributed by atoms with Gasteiger partial charge in [-0.25, -0.2) is 4.79 Å². The number of hydrogen-bond donors (Lipinski definition) is 0. The van der Waals surface area contributed by atoms with Gasteiger partial charge in [0.1, 0.15) is 11.9 Å². The molecule has 32 heavy (non-hydrogen) atoms. The number of likely N-dealkylation sites (tertiary alicyclic amines) is 1. The molecule has 0 radical (unpaired) electrons. The van der Waals surface area contributed by atoms with Crippen LogP contribution in [0.3, 0.4) is 0 Å². The lowest BCUT2D eigenvalue weighted by molar-refractivity contribution is 0.0914. The first-order chi connectivity index (χ1) is 15.4. The van der Waals surface area contributed by atoms with Crippen molar-refractivity contribution in [3.63, 3.8) is 0 Å². The number of ether oxygens (including phenoxy) is 2. The zero-order chi connectivity index (χ0) is 22.7. The molecule has 2 aromatic carbocycles. The molecule has 0 saturated carbocycles. The van der Waals surface area contributed by atoms with Crippen molar-refractivity contribution >= 4 is 35.0 Å². The van der Waals surface area contributed by atoms with Crippen LogP contribution in [0.1, 0.15) is 32.3 Å². The maximum absolute atomic E-state index is 12.3. The van der Waals surface area contributed by atoms with Crippen molar-refractivity contribution < 1.29 is 14.3 Å². The number of piperidine rings is 1. The lowest BCUT2D eigenvalue weighted by Gasteiger charge is -2.33. The number of carbonyl (C=O) groups is 1. The average molecular weight is 477 g/mol. The molecule has 5 nitrogen and oxygen atoms in total. The first-order valence-corrected chi connectivity index (χ1v) is 12.0. The number of nitrogens with zero attached hydrogens (tertiary/aromatic N) is 2. The van der Waals surface area contributed by atoms with Gasteiger partial charge in [0.25, 0.3) is 0 Å². The van der Waals surface area contributed by atoms with E-state index in [1.807, 2.05) is 38.1 Å². The van der Waals surface area contributed by atoms with Crippen molar-refractivity contribution in [1.29, 1.82) is 0 Å². The van der Waals surface area contributed by atoms with Crippen LogP contribution in [-0.2, 0) is 11.2 Å². The van der Waals surface area contributed by atoms with Gasteiger partial charge in [-0.1, -0.05) is 23.2 Å². The van der Waals surface area contributed by atoms with Crippen LogP contribution in [0.25, 0.3) is 0 Å². The average Bonchev–Trinajstić information content (AvgIpc) is 3.12. The van der Waals surface area contributed by atoms with E-state index in [9.17, 15) is 4.79 Å². The third-order valence-electron chi connectivity index (χ3n) is 6.08. The van der Waals surface area contributed by atoms with Crippen LogP contribution in [0, 0.1) is 5.92 Å². The second-order valence-electron chi connectivity index (χ2n) is 8.96. The molecular formula is C25H30Cl2N2O3. The molecule has 0 aliphatic carbocycles. The molecule has 172 valence electrons. The van der Waals surface area contributed by atoms with Crippen molar-refractivity contribution in [2.24, 2.45) is 5.92 Å². The highest BCUT2D eigenvalue weighted by Gasteiger charge is 2.34. The molecular weight excluding hydrogens is 447 g/mol. The van der Waals surface area contributed by atoms with Crippen LogP contribution < -0.4 is 9.64 Å². The molecule has 0 aromatic heterocycles. The largest absolute Gasteiger partial charge is 0.491 e. The first-order valence-electron chi connectivity index (χ1n) is 11.3. The highest BCUT2D eigenvalue weighted by atomic mass is 35.5. The van der Waals surface area contributed by atoms with E-state index in [1.54, 1.807) is 17.0 Å². The maximum Gasteiger partial charge on any atom is 0.414 e. The van der Waals surface area contributed by atoms with E-state index < -0.39 is 0 Å². The second kappa shape index (κ2) is 10.3. The topological polar surface area (TPSA) is 42.0 Å². The Balaban J connectivity index is 1.27. The highest BCUT2D eigenvalue weighted by molar-refractivity contribution is 6.31. The number of benzene rings is 2. The zero-order valence-corrected chi connectivity index (χ0v) is 20.1. The fourth-order valence-electron chi connectivity index (χ4n) is 4.47. The predicted octanol–water partition coefficient (Wildman–Crippen LogP) is 6.06. The Morgan fingerprint density at radius 1 is 1.09 bits per heavy atom. The number of cyclic esters (lactones) is 1. The van der Waals surface area contributed by atoms with Crippen molar-refractivity contribution in [2.45, 2.75) is 45.3 Å². The van der Waals surface area contributed by atoms with E-state index in [-0.39, 0.29) is 18.3 Å². The Bertz CT molecular complexity index is 927. The van der Waals surface area contributed by atoms with Gasteiger partial charge in [-0.15, -0.1) is 0 Å². The second-order valence-corrected chi connectivity index (χ2v) is 9.80. The van der Waals surface area contributed by atoms with Crippen molar-refractivity contribution in [2.75, 3.05) is 31.1 Å². The molecule has 1 unspecified atom stereocenters. The molecule has 7 heteroatoms. The molecule has 2 fully saturated rings. The van der Waals surface area contributed by atoms with Gasteiger partial charge in [0.15, 0.2) is 0 Å². The van der Waals surface area contributed by atoms with Gasteiger partial charge in [0.2, 0.25) is 0 Å². The number of carbonyl (C=O) groups excluding carboxylic acids is 1. The summed E-state index contributed by atoms with van der Waals surface area (Å²) in [6.45, 7) is 7.39.